The molecule has 0 radical (unpaired) electrons. The monoisotopic (exact) mass is 281 g/mol. The van der Waals surface area contributed by atoms with E-state index in [1.54, 1.807) is 0 Å². The van der Waals surface area contributed by atoms with Crippen LogP contribution in [0, 0.1) is 5.92 Å². The predicted molar refractivity (Wildman–Crippen MR) is 81.9 cm³/mol. The Kier molecular flexibility index (Phi) is 5.85. The van der Waals surface area contributed by atoms with Gasteiger partial charge in [0.2, 0.25) is 5.91 Å². The van der Waals surface area contributed by atoms with Gasteiger partial charge in [0.1, 0.15) is 0 Å². The van der Waals surface area contributed by atoms with Crippen LogP contribution in [0.15, 0.2) is 0 Å². The molecule has 20 heavy (non-hydrogen) atoms. The smallest absolute Gasteiger partial charge is 0.234 e. The number of nitrogens with zero attached hydrogens (tertiary/aromatic N) is 1. The molecule has 4 heteroatoms. The van der Waals surface area contributed by atoms with Gasteiger partial charge in [-0.25, -0.2) is 5.01 Å². The molecule has 0 spiro atoms. The quantitative estimate of drug-likeness (QED) is 0.832. The first-order valence-corrected chi connectivity index (χ1v) is 8.39. The topological polar surface area (TPSA) is 58.4 Å². The van der Waals surface area contributed by atoms with Crippen LogP contribution in [-0.2, 0) is 4.79 Å². The number of piperidine rings is 1. The molecule has 1 amide bonds. The van der Waals surface area contributed by atoms with Gasteiger partial charge in [0, 0.05) is 24.5 Å². The van der Waals surface area contributed by atoms with Gasteiger partial charge in [-0.05, 0) is 51.9 Å². The zero-order valence-electron chi connectivity index (χ0n) is 13.1. The zero-order valence-corrected chi connectivity index (χ0v) is 13.1. The van der Waals surface area contributed by atoms with Gasteiger partial charge in [-0.3, -0.25) is 10.2 Å². The van der Waals surface area contributed by atoms with Gasteiger partial charge < -0.3 is 5.73 Å². The van der Waals surface area contributed by atoms with Crippen molar-refractivity contribution in [2.75, 3.05) is 0 Å². The van der Waals surface area contributed by atoms with Gasteiger partial charge in [0.25, 0.3) is 0 Å². The van der Waals surface area contributed by atoms with Crippen molar-refractivity contribution >= 4 is 5.91 Å². The highest BCUT2D eigenvalue weighted by Crippen LogP contribution is 2.27. The molecule has 3 N–H and O–H groups in total. The van der Waals surface area contributed by atoms with Crippen LogP contribution in [0.25, 0.3) is 0 Å². The van der Waals surface area contributed by atoms with E-state index in [0.717, 1.165) is 19.3 Å². The minimum Gasteiger partial charge on any atom is -0.328 e. The fraction of sp³-hybridized carbons (Fsp3) is 0.938. The van der Waals surface area contributed by atoms with Gasteiger partial charge >= 0.3 is 0 Å². The summed E-state index contributed by atoms with van der Waals surface area (Å²) in [5.41, 5.74) is 9.14. The molecule has 0 bridgehead atoms. The van der Waals surface area contributed by atoms with E-state index >= 15 is 0 Å². The van der Waals surface area contributed by atoms with Crippen molar-refractivity contribution in [3.8, 4) is 0 Å². The van der Waals surface area contributed by atoms with Crippen LogP contribution >= 0.6 is 0 Å². The lowest BCUT2D eigenvalue weighted by Crippen LogP contribution is -2.54. The highest BCUT2D eigenvalue weighted by atomic mass is 16.2. The Morgan fingerprint density at radius 2 is 1.80 bits per heavy atom. The van der Waals surface area contributed by atoms with Crippen molar-refractivity contribution in [3.05, 3.63) is 0 Å². The largest absolute Gasteiger partial charge is 0.328 e. The molecule has 1 saturated heterocycles. The molecule has 1 aliphatic carbocycles. The summed E-state index contributed by atoms with van der Waals surface area (Å²) in [6, 6.07) is 1.29. The van der Waals surface area contributed by atoms with E-state index in [0.29, 0.717) is 30.5 Å². The third-order valence-electron chi connectivity index (χ3n) is 5.05. The number of hydrogen-bond donors (Lipinski definition) is 2. The van der Waals surface area contributed by atoms with Crippen molar-refractivity contribution in [3.63, 3.8) is 0 Å². The highest BCUT2D eigenvalue weighted by molar-refractivity contribution is 5.75. The summed E-state index contributed by atoms with van der Waals surface area (Å²) in [4.78, 5) is 12.1. The lowest BCUT2D eigenvalue weighted by Gasteiger charge is -2.38. The Hall–Kier alpha value is -0.610. The van der Waals surface area contributed by atoms with Crippen molar-refractivity contribution in [2.24, 2.45) is 11.7 Å². The Morgan fingerprint density at radius 1 is 1.15 bits per heavy atom. The number of nitrogens with two attached hydrogens (primary N) is 1. The summed E-state index contributed by atoms with van der Waals surface area (Å²) in [6.07, 6.45) is 10.0. The molecule has 4 unspecified atom stereocenters. The van der Waals surface area contributed by atoms with Crippen LogP contribution in [0.1, 0.15) is 71.6 Å². The number of rotatable bonds is 4. The minimum absolute atomic E-state index is 0.185. The lowest BCUT2D eigenvalue weighted by molar-refractivity contribution is -0.129. The second-order valence-electron chi connectivity index (χ2n) is 6.90. The highest BCUT2D eigenvalue weighted by Gasteiger charge is 2.26. The van der Waals surface area contributed by atoms with Crippen molar-refractivity contribution in [1.82, 2.24) is 10.4 Å². The van der Waals surface area contributed by atoms with Crippen LogP contribution in [0.5, 0.6) is 0 Å². The maximum absolute atomic E-state index is 12.1. The van der Waals surface area contributed by atoms with Crippen LogP contribution in [0.2, 0.25) is 0 Å². The Bertz CT molecular complexity index is 311. The average Bonchev–Trinajstić information content (AvgIpc) is 2.41. The van der Waals surface area contributed by atoms with Crippen LogP contribution in [0.4, 0.5) is 0 Å². The molecule has 2 aliphatic rings. The van der Waals surface area contributed by atoms with E-state index in [2.05, 4.69) is 24.3 Å². The molecule has 4 atom stereocenters. The maximum atomic E-state index is 12.1. The third-order valence-corrected chi connectivity index (χ3v) is 5.05. The van der Waals surface area contributed by atoms with Gasteiger partial charge in [-0.2, -0.15) is 0 Å². The fourth-order valence-electron chi connectivity index (χ4n) is 3.77. The number of nitrogens with one attached hydrogen (secondary N) is 1. The van der Waals surface area contributed by atoms with Crippen LogP contribution in [-0.4, -0.2) is 29.0 Å². The predicted octanol–water partition coefficient (Wildman–Crippen LogP) is 2.58. The SMILES string of the molecule is CC1CCCC(C)N1NC(=O)CCC1CCCC(N)C1. The summed E-state index contributed by atoms with van der Waals surface area (Å²) in [7, 11) is 0. The molecule has 116 valence electrons. The second kappa shape index (κ2) is 7.41. The Balaban J connectivity index is 1.71. The van der Waals surface area contributed by atoms with E-state index in [1.165, 1.54) is 32.1 Å². The minimum atomic E-state index is 0.185. The molecule has 0 aromatic carbocycles. The standard InChI is InChI=1S/C16H31N3O/c1-12-5-3-6-13(2)19(12)18-16(20)10-9-14-7-4-8-15(17)11-14/h12-15H,3-11,17H2,1-2H3,(H,18,20). The Labute approximate surface area is 123 Å². The van der Waals surface area contributed by atoms with Crippen molar-refractivity contribution < 1.29 is 4.79 Å². The summed E-state index contributed by atoms with van der Waals surface area (Å²) in [5, 5.41) is 2.17. The van der Waals surface area contributed by atoms with Gasteiger partial charge in [-0.1, -0.05) is 19.3 Å². The van der Waals surface area contributed by atoms with E-state index in [4.69, 9.17) is 5.73 Å². The van der Waals surface area contributed by atoms with E-state index in [1.807, 2.05) is 0 Å². The molecule has 0 aromatic heterocycles. The second-order valence-corrected chi connectivity index (χ2v) is 6.90. The maximum Gasteiger partial charge on any atom is 0.234 e. The van der Waals surface area contributed by atoms with Gasteiger partial charge in [0.05, 0.1) is 0 Å². The number of hydrogen-bond acceptors (Lipinski definition) is 3. The first-order valence-electron chi connectivity index (χ1n) is 8.39. The van der Waals surface area contributed by atoms with Crippen molar-refractivity contribution in [2.45, 2.75) is 89.8 Å². The number of carbonyl (C=O) groups excluding carboxylic acids is 1. The van der Waals surface area contributed by atoms with Gasteiger partial charge in [0.15, 0.2) is 0 Å². The molecule has 1 heterocycles. The van der Waals surface area contributed by atoms with E-state index < -0.39 is 0 Å². The average molecular weight is 281 g/mol. The molecule has 2 fully saturated rings. The number of carbonyl (C=O) groups is 1. The first-order chi connectivity index (χ1) is 9.56. The zero-order chi connectivity index (χ0) is 14.5. The normalized spacial score (nSPS) is 35.8. The molecule has 1 saturated carbocycles. The molecule has 0 aromatic rings. The van der Waals surface area contributed by atoms with E-state index in [-0.39, 0.29) is 5.91 Å². The molecule has 1 aliphatic heterocycles. The van der Waals surface area contributed by atoms with Crippen molar-refractivity contribution in [1.29, 1.82) is 0 Å². The third kappa shape index (κ3) is 4.45. The first kappa shape index (κ1) is 15.8. The van der Waals surface area contributed by atoms with E-state index in [9.17, 15) is 4.79 Å². The van der Waals surface area contributed by atoms with Crippen LogP contribution in [0.3, 0.4) is 0 Å². The number of amides is 1. The Morgan fingerprint density at radius 3 is 2.45 bits per heavy atom. The van der Waals surface area contributed by atoms with Crippen LogP contribution < -0.4 is 11.2 Å². The van der Waals surface area contributed by atoms with Gasteiger partial charge in [-0.15, -0.1) is 0 Å². The molecular formula is C16H31N3O. The summed E-state index contributed by atoms with van der Waals surface area (Å²) in [6.45, 7) is 4.41. The molecule has 4 nitrogen and oxygen atoms in total. The molecular weight excluding hydrogens is 250 g/mol. The summed E-state index contributed by atoms with van der Waals surface area (Å²) >= 11 is 0. The fourth-order valence-corrected chi connectivity index (χ4v) is 3.77. The summed E-state index contributed by atoms with van der Waals surface area (Å²) in [5.74, 6) is 0.838. The molecule has 2 rings (SSSR count). The number of hydrazine groups is 1. The lowest BCUT2D eigenvalue weighted by atomic mass is 9.83. The summed E-state index contributed by atoms with van der Waals surface area (Å²) < 4.78 is 0.